The van der Waals surface area contributed by atoms with E-state index in [1.165, 1.54) is 0 Å². The summed E-state index contributed by atoms with van der Waals surface area (Å²) < 4.78 is 5.26. The molecule has 4 nitrogen and oxygen atoms in total. The molecule has 2 N–H and O–H groups in total. The zero-order chi connectivity index (χ0) is 11.0. The Morgan fingerprint density at radius 2 is 2.20 bits per heavy atom. The molecule has 0 saturated carbocycles. The molecule has 0 aliphatic rings. The fraction of sp³-hybridized carbons (Fsp3) is 0.182. The molecule has 0 fully saturated rings. The minimum atomic E-state index is -1.03. The molecule has 0 atom stereocenters. The van der Waals surface area contributed by atoms with Crippen LogP contribution in [0.5, 0.6) is 0 Å². The number of furan rings is 1. The highest BCUT2D eigenvalue weighted by Crippen LogP contribution is 2.27. The predicted octanol–water partition coefficient (Wildman–Crippen LogP) is 2.48. The van der Waals surface area contributed by atoms with Gasteiger partial charge in [0.25, 0.3) is 0 Å². The van der Waals surface area contributed by atoms with Crippen molar-refractivity contribution >= 4 is 22.6 Å². The van der Waals surface area contributed by atoms with Crippen molar-refractivity contribution in [1.29, 1.82) is 0 Å². The molecule has 1 aromatic carbocycles. The molecule has 0 saturated heterocycles. The largest absolute Gasteiger partial charge is 0.475 e. The molecule has 78 valence electrons. The molecule has 0 aliphatic heterocycles. The molecule has 2 rings (SSSR count). The van der Waals surface area contributed by atoms with Crippen LogP contribution < -0.4 is 5.32 Å². The second kappa shape index (κ2) is 3.31. The van der Waals surface area contributed by atoms with Gasteiger partial charge in [-0.2, -0.15) is 0 Å². The van der Waals surface area contributed by atoms with E-state index >= 15 is 0 Å². The average Bonchev–Trinajstić information content (AvgIpc) is 2.55. The third-order valence-corrected chi connectivity index (χ3v) is 2.42. The lowest BCUT2D eigenvalue weighted by molar-refractivity contribution is 0.0664. The number of benzene rings is 1. The van der Waals surface area contributed by atoms with E-state index < -0.39 is 5.97 Å². The number of hydrogen-bond acceptors (Lipinski definition) is 3. The lowest BCUT2D eigenvalue weighted by Gasteiger charge is -1.97. The standard InChI is InChI=1S/C11H11NO3/c1-6-8-4-3-7(12-2)5-9(8)15-10(6)11(13)14/h3-5,12H,1-2H3,(H,13,14). The Kier molecular flexibility index (Phi) is 2.11. The average molecular weight is 205 g/mol. The molecule has 0 spiro atoms. The van der Waals surface area contributed by atoms with Crippen LogP contribution in [0.2, 0.25) is 0 Å². The Bertz CT molecular complexity index is 528. The Labute approximate surface area is 86.5 Å². The smallest absolute Gasteiger partial charge is 0.372 e. The van der Waals surface area contributed by atoms with Gasteiger partial charge in [0.05, 0.1) is 0 Å². The number of carboxylic acids is 1. The fourth-order valence-corrected chi connectivity index (χ4v) is 1.58. The molecule has 0 aliphatic carbocycles. The number of fused-ring (bicyclic) bond motifs is 1. The van der Waals surface area contributed by atoms with Crippen molar-refractivity contribution in [3.8, 4) is 0 Å². The van der Waals surface area contributed by atoms with Gasteiger partial charge >= 0.3 is 5.97 Å². The van der Waals surface area contributed by atoms with Crippen LogP contribution in [-0.4, -0.2) is 18.1 Å². The van der Waals surface area contributed by atoms with Crippen LogP contribution in [-0.2, 0) is 0 Å². The van der Waals surface area contributed by atoms with Gasteiger partial charge in [0.15, 0.2) is 0 Å². The van der Waals surface area contributed by atoms with Crippen molar-refractivity contribution in [2.75, 3.05) is 12.4 Å². The summed E-state index contributed by atoms with van der Waals surface area (Å²) in [6, 6.07) is 5.53. The highest BCUT2D eigenvalue weighted by atomic mass is 16.4. The van der Waals surface area contributed by atoms with E-state index in [2.05, 4.69) is 5.32 Å². The molecule has 1 aromatic heterocycles. The Balaban J connectivity index is 2.70. The highest BCUT2D eigenvalue weighted by molar-refractivity contribution is 5.95. The Morgan fingerprint density at radius 3 is 2.80 bits per heavy atom. The van der Waals surface area contributed by atoms with Crippen LogP contribution in [0.3, 0.4) is 0 Å². The van der Waals surface area contributed by atoms with Crippen LogP contribution in [0, 0.1) is 6.92 Å². The minimum Gasteiger partial charge on any atom is -0.475 e. The van der Waals surface area contributed by atoms with Crippen LogP contribution in [0.15, 0.2) is 22.6 Å². The fourth-order valence-electron chi connectivity index (χ4n) is 1.58. The van der Waals surface area contributed by atoms with Crippen molar-refractivity contribution in [3.63, 3.8) is 0 Å². The lowest BCUT2D eigenvalue weighted by Crippen LogP contribution is -1.94. The number of rotatable bonds is 2. The Hall–Kier alpha value is -1.97. The molecular formula is C11H11NO3. The van der Waals surface area contributed by atoms with Crippen molar-refractivity contribution in [2.45, 2.75) is 6.92 Å². The van der Waals surface area contributed by atoms with Gasteiger partial charge in [-0.3, -0.25) is 0 Å². The molecule has 4 heteroatoms. The van der Waals surface area contributed by atoms with Gasteiger partial charge in [-0.1, -0.05) is 0 Å². The number of carbonyl (C=O) groups is 1. The summed E-state index contributed by atoms with van der Waals surface area (Å²) in [6.07, 6.45) is 0. The van der Waals surface area contributed by atoms with Crippen LogP contribution in [0.25, 0.3) is 11.0 Å². The van der Waals surface area contributed by atoms with E-state index in [1.807, 2.05) is 12.1 Å². The number of nitrogens with one attached hydrogen (secondary N) is 1. The summed E-state index contributed by atoms with van der Waals surface area (Å²) in [7, 11) is 1.80. The molecule has 0 amide bonds. The third kappa shape index (κ3) is 1.44. The first-order chi connectivity index (χ1) is 7.13. The summed E-state index contributed by atoms with van der Waals surface area (Å²) in [4.78, 5) is 10.8. The molecule has 0 unspecified atom stereocenters. The zero-order valence-electron chi connectivity index (χ0n) is 8.50. The second-order valence-electron chi connectivity index (χ2n) is 3.32. The van der Waals surface area contributed by atoms with Crippen LogP contribution >= 0.6 is 0 Å². The van der Waals surface area contributed by atoms with E-state index in [9.17, 15) is 4.79 Å². The molecule has 1 heterocycles. The van der Waals surface area contributed by atoms with Crippen molar-refractivity contribution < 1.29 is 14.3 Å². The predicted molar refractivity (Wildman–Crippen MR) is 57.5 cm³/mol. The molecule has 2 aromatic rings. The summed E-state index contributed by atoms with van der Waals surface area (Å²) in [5, 5.41) is 12.7. The quantitative estimate of drug-likeness (QED) is 0.790. The summed E-state index contributed by atoms with van der Waals surface area (Å²) >= 11 is 0. The van der Waals surface area contributed by atoms with Crippen molar-refractivity contribution in [3.05, 3.63) is 29.5 Å². The normalized spacial score (nSPS) is 10.5. The number of carboxylic acid groups (broad SMARTS) is 1. The van der Waals surface area contributed by atoms with E-state index in [4.69, 9.17) is 9.52 Å². The van der Waals surface area contributed by atoms with Gasteiger partial charge in [-0.15, -0.1) is 0 Å². The second-order valence-corrected chi connectivity index (χ2v) is 3.32. The SMILES string of the molecule is CNc1ccc2c(C)c(C(=O)O)oc2c1. The maximum atomic E-state index is 10.8. The van der Waals surface area contributed by atoms with Gasteiger partial charge in [0.2, 0.25) is 5.76 Å². The summed E-state index contributed by atoms with van der Waals surface area (Å²) in [6.45, 7) is 1.74. The maximum absolute atomic E-state index is 10.8. The summed E-state index contributed by atoms with van der Waals surface area (Å²) in [5.74, 6) is -1.02. The van der Waals surface area contributed by atoms with Gasteiger partial charge < -0.3 is 14.8 Å². The number of aryl methyl sites for hydroxylation is 1. The van der Waals surface area contributed by atoms with Crippen LogP contribution in [0.4, 0.5) is 5.69 Å². The zero-order valence-corrected chi connectivity index (χ0v) is 8.50. The van der Waals surface area contributed by atoms with Gasteiger partial charge in [0.1, 0.15) is 5.58 Å². The topological polar surface area (TPSA) is 62.5 Å². The number of anilines is 1. The van der Waals surface area contributed by atoms with Gasteiger partial charge in [-0.05, 0) is 19.1 Å². The van der Waals surface area contributed by atoms with Crippen molar-refractivity contribution in [1.82, 2.24) is 0 Å². The number of aromatic carboxylic acids is 1. The molecule has 0 radical (unpaired) electrons. The number of hydrogen-bond donors (Lipinski definition) is 2. The first-order valence-electron chi connectivity index (χ1n) is 4.57. The van der Waals surface area contributed by atoms with Gasteiger partial charge in [0, 0.05) is 29.8 Å². The minimum absolute atomic E-state index is 0.0123. The molecule has 0 bridgehead atoms. The van der Waals surface area contributed by atoms with Gasteiger partial charge in [-0.25, -0.2) is 4.79 Å². The van der Waals surface area contributed by atoms with Crippen molar-refractivity contribution in [2.24, 2.45) is 0 Å². The summed E-state index contributed by atoms with van der Waals surface area (Å²) in [5.41, 5.74) is 2.16. The lowest BCUT2D eigenvalue weighted by atomic mass is 10.1. The van der Waals surface area contributed by atoms with E-state index in [-0.39, 0.29) is 5.76 Å². The first kappa shape index (κ1) is 9.58. The van der Waals surface area contributed by atoms with Crippen LogP contribution in [0.1, 0.15) is 16.1 Å². The Morgan fingerprint density at radius 1 is 1.47 bits per heavy atom. The van der Waals surface area contributed by atoms with E-state index in [0.717, 1.165) is 11.1 Å². The maximum Gasteiger partial charge on any atom is 0.372 e. The first-order valence-corrected chi connectivity index (χ1v) is 4.57. The monoisotopic (exact) mass is 205 g/mol. The molecule has 15 heavy (non-hydrogen) atoms. The van der Waals surface area contributed by atoms with E-state index in [0.29, 0.717) is 11.1 Å². The van der Waals surface area contributed by atoms with E-state index in [1.54, 1.807) is 20.0 Å². The molecular weight excluding hydrogens is 194 g/mol. The highest BCUT2D eigenvalue weighted by Gasteiger charge is 2.16. The third-order valence-electron chi connectivity index (χ3n) is 2.42.